The molecule has 3 heterocycles. The molecule has 8 nitrogen and oxygen atoms in total. The molecule has 2 aliphatic heterocycles. The Morgan fingerprint density at radius 2 is 1.86 bits per heavy atom. The van der Waals surface area contributed by atoms with E-state index in [1.807, 2.05) is 19.0 Å². The number of likely N-dealkylation sites (N-methyl/N-ethyl adjacent to an activating group) is 1. The molecule has 1 aromatic heterocycles. The summed E-state index contributed by atoms with van der Waals surface area (Å²) in [4.78, 5) is 33.4. The third-order valence-electron chi connectivity index (χ3n) is 7.81. The van der Waals surface area contributed by atoms with E-state index < -0.39 is 34.6 Å². The van der Waals surface area contributed by atoms with Crippen molar-refractivity contribution < 1.29 is 27.1 Å². The third kappa shape index (κ3) is 6.66. The van der Waals surface area contributed by atoms with E-state index in [0.29, 0.717) is 55.7 Å². The van der Waals surface area contributed by atoms with E-state index >= 15 is 4.39 Å². The number of aromatic nitrogens is 1. The number of amides is 1. The first-order chi connectivity index (χ1) is 20.0. The molecule has 5 rings (SSSR count). The number of pyridine rings is 1. The lowest BCUT2D eigenvalue weighted by Crippen LogP contribution is -2.35. The molecule has 224 valence electrons. The Bertz CT molecular complexity index is 1500. The molecule has 0 saturated carbocycles. The second-order valence-electron chi connectivity index (χ2n) is 10.9. The van der Waals surface area contributed by atoms with Crippen molar-refractivity contribution >= 4 is 17.3 Å². The van der Waals surface area contributed by atoms with E-state index in [4.69, 9.17) is 4.74 Å². The number of halogens is 4. The second kappa shape index (κ2) is 12.2. The molecule has 1 unspecified atom stereocenters. The van der Waals surface area contributed by atoms with Crippen LogP contribution in [-0.4, -0.2) is 80.2 Å². The van der Waals surface area contributed by atoms with Gasteiger partial charge in [-0.15, -0.1) is 0 Å². The highest BCUT2D eigenvalue weighted by Crippen LogP contribution is 2.37. The van der Waals surface area contributed by atoms with E-state index in [1.54, 1.807) is 30.3 Å². The molecular formula is C30H33F4N5O3. The van der Waals surface area contributed by atoms with Crippen LogP contribution in [0.15, 0.2) is 53.5 Å². The number of H-pyrrole nitrogens is 1. The monoisotopic (exact) mass is 587 g/mol. The highest BCUT2D eigenvalue weighted by atomic mass is 19.4. The van der Waals surface area contributed by atoms with Crippen LogP contribution < -0.4 is 15.8 Å². The molecule has 2 saturated heterocycles. The zero-order valence-electron chi connectivity index (χ0n) is 23.4. The minimum absolute atomic E-state index is 0.245. The van der Waals surface area contributed by atoms with Gasteiger partial charge in [0.25, 0.3) is 5.91 Å². The zero-order valence-corrected chi connectivity index (χ0v) is 23.4. The minimum Gasteiger partial charge on any atom is -0.379 e. The van der Waals surface area contributed by atoms with Crippen LogP contribution in [0.4, 0.5) is 28.9 Å². The van der Waals surface area contributed by atoms with Crippen LogP contribution in [0.1, 0.15) is 27.9 Å². The first kappa shape index (κ1) is 29.7. The Kier molecular flexibility index (Phi) is 8.67. The van der Waals surface area contributed by atoms with Gasteiger partial charge in [0.2, 0.25) is 5.56 Å². The summed E-state index contributed by atoms with van der Waals surface area (Å²) in [7, 11) is 3.95. The smallest absolute Gasteiger partial charge is 0.379 e. The van der Waals surface area contributed by atoms with Crippen molar-refractivity contribution in [1.82, 2.24) is 14.8 Å². The molecule has 2 N–H and O–H groups in total. The number of ether oxygens (including phenoxy) is 1. The van der Waals surface area contributed by atoms with E-state index in [1.165, 1.54) is 6.07 Å². The predicted octanol–water partition coefficient (Wildman–Crippen LogP) is 4.42. The minimum atomic E-state index is -4.91. The summed E-state index contributed by atoms with van der Waals surface area (Å²) in [6, 6.07) is 10.6. The van der Waals surface area contributed by atoms with Crippen LogP contribution in [0, 0.1) is 5.82 Å². The Morgan fingerprint density at radius 1 is 1.10 bits per heavy atom. The molecule has 0 spiro atoms. The summed E-state index contributed by atoms with van der Waals surface area (Å²) >= 11 is 0. The highest BCUT2D eigenvalue weighted by Gasteiger charge is 2.36. The summed E-state index contributed by atoms with van der Waals surface area (Å²) in [5.74, 6) is -1.50. The topological polar surface area (TPSA) is 80.9 Å². The number of carbonyl (C=O) groups excluding carboxylic acids is 1. The molecule has 0 radical (unpaired) electrons. The molecule has 2 aliphatic rings. The molecule has 0 aliphatic carbocycles. The number of hydrogen-bond acceptors (Lipinski definition) is 6. The number of hydrogen-bond donors (Lipinski definition) is 2. The van der Waals surface area contributed by atoms with Gasteiger partial charge in [0.15, 0.2) is 0 Å². The number of anilines is 2. The van der Waals surface area contributed by atoms with Gasteiger partial charge in [-0.3, -0.25) is 14.5 Å². The van der Waals surface area contributed by atoms with Gasteiger partial charge in [-0.25, -0.2) is 4.39 Å². The quantitative estimate of drug-likeness (QED) is 0.399. The summed E-state index contributed by atoms with van der Waals surface area (Å²) in [5, 5.41) is 2.63. The molecule has 2 aromatic carbocycles. The molecule has 1 atom stereocenters. The number of morpholine rings is 1. The lowest BCUT2D eigenvalue weighted by atomic mass is 10.00. The Morgan fingerprint density at radius 3 is 2.55 bits per heavy atom. The number of nitrogens with one attached hydrogen (secondary N) is 2. The summed E-state index contributed by atoms with van der Waals surface area (Å²) in [6.45, 7) is 4.73. The molecule has 42 heavy (non-hydrogen) atoms. The lowest BCUT2D eigenvalue weighted by Gasteiger charge is -2.27. The first-order valence-electron chi connectivity index (χ1n) is 13.7. The lowest BCUT2D eigenvalue weighted by molar-refractivity contribution is -0.138. The first-order valence-corrected chi connectivity index (χ1v) is 13.7. The normalized spacial score (nSPS) is 18.1. The van der Waals surface area contributed by atoms with Gasteiger partial charge in [0.1, 0.15) is 5.82 Å². The van der Waals surface area contributed by atoms with Gasteiger partial charge in [0.05, 0.1) is 35.7 Å². The van der Waals surface area contributed by atoms with Crippen molar-refractivity contribution in [3.8, 4) is 11.1 Å². The SMILES string of the molecule is CN(C)C1CCN(c2ccc(-c3cc(CN4CCOCC4)ccc3F)cc2NC(=O)c2c[nH]c(=O)cc2C(F)(F)F)C1. The van der Waals surface area contributed by atoms with E-state index in [-0.39, 0.29) is 11.7 Å². The van der Waals surface area contributed by atoms with Crippen molar-refractivity contribution in [2.75, 3.05) is 63.7 Å². The predicted molar refractivity (Wildman–Crippen MR) is 152 cm³/mol. The summed E-state index contributed by atoms with van der Waals surface area (Å²) in [6.07, 6.45) is -3.29. The fourth-order valence-corrected chi connectivity index (χ4v) is 5.45. The van der Waals surface area contributed by atoms with Crippen LogP contribution in [0.25, 0.3) is 11.1 Å². The van der Waals surface area contributed by atoms with Gasteiger partial charge < -0.3 is 24.8 Å². The van der Waals surface area contributed by atoms with Crippen molar-refractivity contribution in [2.24, 2.45) is 0 Å². The molecule has 2 fully saturated rings. The number of alkyl halides is 3. The van der Waals surface area contributed by atoms with Gasteiger partial charge in [-0.2, -0.15) is 13.2 Å². The number of aromatic amines is 1. The van der Waals surface area contributed by atoms with Crippen LogP contribution in [0.5, 0.6) is 0 Å². The van der Waals surface area contributed by atoms with Crippen molar-refractivity contribution in [2.45, 2.75) is 25.2 Å². The Balaban J connectivity index is 1.52. The molecule has 12 heteroatoms. The highest BCUT2D eigenvalue weighted by molar-refractivity contribution is 6.07. The van der Waals surface area contributed by atoms with Gasteiger partial charge in [-0.1, -0.05) is 12.1 Å². The fraction of sp³-hybridized carbons (Fsp3) is 0.400. The van der Waals surface area contributed by atoms with Crippen LogP contribution in [-0.2, 0) is 17.5 Å². The number of benzene rings is 2. The molecule has 3 aromatic rings. The van der Waals surface area contributed by atoms with Crippen LogP contribution in [0.3, 0.4) is 0 Å². The zero-order chi connectivity index (χ0) is 30.0. The Hall–Kier alpha value is -3.74. The summed E-state index contributed by atoms with van der Waals surface area (Å²) < 4.78 is 61.7. The average molecular weight is 588 g/mol. The van der Waals surface area contributed by atoms with Crippen molar-refractivity contribution in [3.63, 3.8) is 0 Å². The van der Waals surface area contributed by atoms with E-state index in [0.717, 1.165) is 31.3 Å². The van der Waals surface area contributed by atoms with Gasteiger partial charge in [0, 0.05) is 56.6 Å². The number of nitrogens with zero attached hydrogens (tertiary/aromatic N) is 3. The van der Waals surface area contributed by atoms with E-state index in [9.17, 15) is 22.8 Å². The van der Waals surface area contributed by atoms with Gasteiger partial charge in [-0.05, 0) is 55.9 Å². The second-order valence-corrected chi connectivity index (χ2v) is 10.9. The van der Waals surface area contributed by atoms with Crippen molar-refractivity contribution in [1.29, 1.82) is 0 Å². The standard InChI is InChI=1S/C30H33F4N5O3/c1-37(2)21-7-8-39(18-21)27-6-4-20(22-13-19(3-5-25(22)31)17-38-9-11-42-12-10-38)14-26(27)36-29(41)23-16-35-28(40)15-24(23)30(32,33)34/h3-6,13-16,21H,7-12,17-18H2,1-2H3,(H,35,40)(H,36,41). The van der Waals surface area contributed by atoms with Crippen molar-refractivity contribution in [3.05, 3.63) is 81.5 Å². The van der Waals surface area contributed by atoms with Crippen LogP contribution >= 0.6 is 0 Å². The Labute approximate surface area is 240 Å². The van der Waals surface area contributed by atoms with E-state index in [2.05, 4.69) is 20.1 Å². The number of carbonyl (C=O) groups is 1. The number of rotatable bonds is 7. The molecular weight excluding hydrogens is 554 g/mol. The maximum absolute atomic E-state index is 15.2. The maximum Gasteiger partial charge on any atom is 0.417 e. The van der Waals surface area contributed by atoms with Crippen LogP contribution in [0.2, 0.25) is 0 Å². The molecule has 0 bridgehead atoms. The third-order valence-corrected chi connectivity index (χ3v) is 7.81. The fourth-order valence-electron chi connectivity index (χ4n) is 5.45. The summed E-state index contributed by atoms with van der Waals surface area (Å²) in [5.41, 5.74) is -0.484. The molecule has 1 amide bonds. The largest absolute Gasteiger partial charge is 0.417 e. The average Bonchev–Trinajstić information content (AvgIpc) is 3.45. The maximum atomic E-state index is 15.2. The van der Waals surface area contributed by atoms with Gasteiger partial charge >= 0.3 is 6.18 Å².